The number of rotatable bonds is 5. The maximum atomic E-state index is 12.8. The van der Waals surface area contributed by atoms with Crippen LogP contribution in [0.25, 0.3) is 10.9 Å². The number of aromatic nitrogens is 1. The van der Waals surface area contributed by atoms with E-state index in [9.17, 15) is 9.59 Å². The molecule has 0 aliphatic rings. The molecule has 0 aliphatic carbocycles. The van der Waals surface area contributed by atoms with Gasteiger partial charge in [-0.25, -0.2) is 0 Å². The van der Waals surface area contributed by atoms with Crippen LogP contribution in [0.1, 0.15) is 48.8 Å². The Morgan fingerprint density at radius 1 is 1.18 bits per heavy atom. The van der Waals surface area contributed by atoms with E-state index >= 15 is 0 Å². The molecule has 0 spiro atoms. The monoisotopic (exact) mass is 320 g/mol. The Kier molecular flexibility index (Phi) is 5.24. The fourth-order valence-corrected chi connectivity index (χ4v) is 2.82. The molecule has 0 radical (unpaired) electrons. The summed E-state index contributed by atoms with van der Waals surface area (Å²) in [7, 11) is 0. The molecular weight excluding hydrogens is 300 g/mol. The van der Waals surface area contributed by atoms with Gasteiger partial charge in [0.2, 0.25) is 5.91 Å². The fraction of sp³-hybridized carbons (Fsp3) is 0.412. The molecule has 0 N–H and O–H groups in total. The molecule has 0 unspecified atom stereocenters. The van der Waals surface area contributed by atoms with Crippen molar-refractivity contribution in [3.8, 4) is 0 Å². The van der Waals surface area contributed by atoms with Crippen LogP contribution in [0.15, 0.2) is 24.4 Å². The zero-order valence-electron chi connectivity index (χ0n) is 13.2. The van der Waals surface area contributed by atoms with Gasteiger partial charge in [-0.05, 0) is 25.0 Å². The van der Waals surface area contributed by atoms with Crippen molar-refractivity contribution in [2.75, 3.05) is 13.1 Å². The van der Waals surface area contributed by atoms with Gasteiger partial charge in [-0.1, -0.05) is 31.5 Å². The van der Waals surface area contributed by atoms with Gasteiger partial charge in [0.25, 0.3) is 5.91 Å². The summed E-state index contributed by atoms with van der Waals surface area (Å²) in [5.74, 6) is -0.167. The molecule has 1 amide bonds. The van der Waals surface area contributed by atoms with E-state index < -0.39 is 0 Å². The van der Waals surface area contributed by atoms with Gasteiger partial charge in [0.05, 0.1) is 11.1 Å². The van der Waals surface area contributed by atoms with Crippen molar-refractivity contribution in [3.63, 3.8) is 0 Å². The summed E-state index contributed by atoms with van der Waals surface area (Å²) in [5.41, 5.74) is 1.24. The lowest BCUT2D eigenvalue weighted by molar-refractivity contribution is 0.0757. The number of hydrogen-bond donors (Lipinski definition) is 0. The van der Waals surface area contributed by atoms with Crippen LogP contribution in [0.2, 0.25) is 5.02 Å². The van der Waals surface area contributed by atoms with Gasteiger partial charge < -0.3 is 4.90 Å². The number of hydrogen-bond acceptors (Lipinski definition) is 2. The summed E-state index contributed by atoms with van der Waals surface area (Å²) in [4.78, 5) is 26.5. The molecule has 4 nitrogen and oxygen atoms in total. The predicted molar refractivity (Wildman–Crippen MR) is 89.7 cm³/mol. The summed E-state index contributed by atoms with van der Waals surface area (Å²) in [5, 5.41) is 1.31. The number of amides is 1. The fourth-order valence-electron chi connectivity index (χ4n) is 2.66. The first kappa shape index (κ1) is 16.6. The van der Waals surface area contributed by atoms with Gasteiger partial charge in [-0.2, -0.15) is 0 Å². The molecule has 1 aromatic heterocycles. The predicted octanol–water partition coefficient (Wildman–Crippen LogP) is 4.22. The average molecular weight is 321 g/mol. The first-order valence-electron chi connectivity index (χ1n) is 7.60. The number of carbonyl (C=O) groups is 2. The van der Waals surface area contributed by atoms with Gasteiger partial charge in [-0.15, -0.1) is 0 Å². The normalized spacial score (nSPS) is 10.9. The molecule has 22 heavy (non-hydrogen) atoms. The van der Waals surface area contributed by atoms with Crippen molar-refractivity contribution in [3.05, 3.63) is 35.0 Å². The minimum atomic E-state index is -0.135. The van der Waals surface area contributed by atoms with Crippen LogP contribution in [-0.4, -0.2) is 34.4 Å². The van der Waals surface area contributed by atoms with E-state index in [1.165, 1.54) is 11.5 Å². The molecular formula is C17H21ClN2O2. The minimum absolute atomic E-state index is 0.0315. The van der Waals surface area contributed by atoms with Crippen LogP contribution in [0.3, 0.4) is 0 Å². The van der Waals surface area contributed by atoms with E-state index in [2.05, 4.69) is 13.8 Å². The standard InChI is InChI=1S/C17H21ClN2O2/c1-4-8-19(9-5-2)17(22)15-11-20(12(3)21)16-10-13(18)6-7-14(15)16/h6-7,10-11H,4-5,8-9H2,1-3H3. The van der Waals surface area contributed by atoms with Gasteiger partial charge in [0.15, 0.2) is 0 Å². The molecule has 0 saturated carbocycles. The van der Waals surface area contributed by atoms with Gasteiger partial charge in [0, 0.05) is 36.6 Å². The van der Waals surface area contributed by atoms with E-state index in [0.29, 0.717) is 29.2 Å². The van der Waals surface area contributed by atoms with E-state index in [4.69, 9.17) is 11.6 Å². The van der Waals surface area contributed by atoms with E-state index in [1.807, 2.05) is 4.90 Å². The summed E-state index contributed by atoms with van der Waals surface area (Å²) in [6, 6.07) is 5.27. The van der Waals surface area contributed by atoms with Crippen molar-refractivity contribution in [2.24, 2.45) is 0 Å². The smallest absolute Gasteiger partial charge is 0.256 e. The first-order valence-corrected chi connectivity index (χ1v) is 7.98. The highest BCUT2D eigenvalue weighted by Crippen LogP contribution is 2.26. The lowest BCUT2D eigenvalue weighted by Gasteiger charge is -2.21. The van der Waals surface area contributed by atoms with Crippen LogP contribution in [0.4, 0.5) is 0 Å². The first-order chi connectivity index (χ1) is 10.5. The van der Waals surface area contributed by atoms with Gasteiger partial charge >= 0.3 is 0 Å². The molecule has 0 bridgehead atoms. The number of carbonyl (C=O) groups excluding carboxylic acids is 2. The molecule has 0 fully saturated rings. The number of halogens is 1. The Bertz CT molecular complexity index is 700. The van der Waals surface area contributed by atoms with E-state index in [1.54, 1.807) is 24.4 Å². The Hall–Kier alpha value is -1.81. The second kappa shape index (κ2) is 6.97. The second-order valence-corrected chi connectivity index (χ2v) is 5.82. The topological polar surface area (TPSA) is 42.3 Å². The number of benzene rings is 1. The highest BCUT2D eigenvalue weighted by atomic mass is 35.5. The highest BCUT2D eigenvalue weighted by molar-refractivity contribution is 6.31. The Morgan fingerprint density at radius 2 is 1.82 bits per heavy atom. The largest absolute Gasteiger partial charge is 0.339 e. The third-order valence-electron chi connectivity index (χ3n) is 3.61. The van der Waals surface area contributed by atoms with Crippen molar-refractivity contribution in [2.45, 2.75) is 33.6 Å². The average Bonchev–Trinajstić information content (AvgIpc) is 2.85. The molecule has 118 valence electrons. The van der Waals surface area contributed by atoms with Crippen LogP contribution >= 0.6 is 11.6 Å². The second-order valence-electron chi connectivity index (χ2n) is 5.39. The van der Waals surface area contributed by atoms with Crippen LogP contribution < -0.4 is 0 Å². The zero-order valence-corrected chi connectivity index (χ0v) is 14.0. The Morgan fingerprint density at radius 3 is 2.36 bits per heavy atom. The lowest BCUT2D eigenvalue weighted by Crippen LogP contribution is -2.32. The van der Waals surface area contributed by atoms with E-state index in [-0.39, 0.29) is 11.8 Å². The molecule has 0 saturated heterocycles. The number of nitrogens with zero attached hydrogens (tertiary/aromatic N) is 2. The Labute approximate surface area is 135 Å². The van der Waals surface area contributed by atoms with Crippen LogP contribution in [0, 0.1) is 0 Å². The molecule has 2 rings (SSSR count). The molecule has 1 aromatic carbocycles. The van der Waals surface area contributed by atoms with Gasteiger partial charge in [0.1, 0.15) is 0 Å². The quantitative estimate of drug-likeness (QED) is 0.828. The number of fused-ring (bicyclic) bond motifs is 1. The maximum absolute atomic E-state index is 12.8. The zero-order chi connectivity index (χ0) is 16.3. The molecule has 0 aliphatic heterocycles. The Balaban J connectivity index is 2.55. The highest BCUT2D eigenvalue weighted by Gasteiger charge is 2.21. The third kappa shape index (κ3) is 3.17. The maximum Gasteiger partial charge on any atom is 0.256 e. The van der Waals surface area contributed by atoms with Crippen LogP contribution in [0.5, 0.6) is 0 Å². The SMILES string of the molecule is CCCN(CCC)C(=O)c1cn(C(C)=O)c2cc(Cl)ccc12. The summed E-state index contributed by atoms with van der Waals surface area (Å²) in [6.07, 6.45) is 3.44. The summed E-state index contributed by atoms with van der Waals surface area (Å²) in [6.45, 7) is 7.01. The minimum Gasteiger partial charge on any atom is -0.339 e. The van der Waals surface area contributed by atoms with Crippen molar-refractivity contribution in [1.82, 2.24) is 9.47 Å². The van der Waals surface area contributed by atoms with Crippen molar-refractivity contribution >= 4 is 34.3 Å². The third-order valence-corrected chi connectivity index (χ3v) is 3.85. The summed E-state index contributed by atoms with van der Waals surface area (Å²) >= 11 is 6.03. The molecule has 0 atom stereocenters. The van der Waals surface area contributed by atoms with Crippen molar-refractivity contribution in [1.29, 1.82) is 0 Å². The lowest BCUT2D eigenvalue weighted by atomic mass is 10.1. The molecule has 2 aromatic rings. The molecule has 5 heteroatoms. The molecule has 1 heterocycles. The van der Waals surface area contributed by atoms with Crippen molar-refractivity contribution < 1.29 is 9.59 Å². The van der Waals surface area contributed by atoms with Crippen LogP contribution in [-0.2, 0) is 0 Å². The van der Waals surface area contributed by atoms with Gasteiger partial charge in [-0.3, -0.25) is 14.2 Å². The summed E-state index contributed by atoms with van der Waals surface area (Å²) < 4.78 is 1.49. The van der Waals surface area contributed by atoms with E-state index in [0.717, 1.165) is 18.2 Å².